The molecule has 5 heteroatoms. The summed E-state index contributed by atoms with van der Waals surface area (Å²) < 4.78 is 2.15. The number of carbonyl (C=O) groups is 1. The summed E-state index contributed by atoms with van der Waals surface area (Å²) in [4.78, 5) is 16.3. The fourth-order valence-electron chi connectivity index (χ4n) is 3.26. The van der Waals surface area contributed by atoms with E-state index in [4.69, 9.17) is 0 Å². The van der Waals surface area contributed by atoms with Crippen molar-refractivity contribution in [1.29, 1.82) is 0 Å². The summed E-state index contributed by atoms with van der Waals surface area (Å²) >= 11 is 0. The third kappa shape index (κ3) is 4.55. The van der Waals surface area contributed by atoms with Gasteiger partial charge in [-0.2, -0.15) is 0 Å². The molecule has 0 unspecified atom stereocenters. The lowest BCUT2D eigenvalue weighted by molar-refractivity contribution is -0.121. The van der Waals surface area contributed by atoms with Crippen LogP contribution < -0.4 is 10.6 Å². The lowest BCUT2D eigenvalue weighted by atomic mass is 9.93. The number of benzene rings is 1. The molecule has 0 saturated carbocycles. The minimum Gasteiger partial charge on any atom is -0.356 e. The average molecular weight is 314 g/mol. The molecular formula is C18H26N4O. The maximum Gasteiger partial charge on any atom is 0.220 e. The topological polar surface area (TPSA) is 59.0 Å². The lowest BCUT2D eigenvalue weighted by Gasteiger charge is -2.22. The Kier molecular flexibility index (Phi) is 5.64. The maximum atomic E-state index is 11.9. The van der Waals surface area contributed by atoms with Crippen molar-refractivity contribution >= 4 is 16.9 Å². The van der Waals surface area contributed by atoms with Crippen molar-refractivity contribution in [2.75, 3.05) is 19.6 Å². The van der Waals surface area contributed by atoms with Crippen molar-refractivity contribution in [3.8, 4) is 0 Å². The molecule has 124 valence electrons. The first kappa shape index (κ1) is 16.0. The minimum absolute atomic E-state index is 0.194. The molecular weight excluding hydrogens is 288 g/mol. The number of hydrogen-bond acceptors (Lipinski definition) is 3. The van der Waals surface area contributed by atoms with E-state index >= 15 is 0 Å². The van der Waals surface area contributed by atoms with Gasteiger partial charge in [0.25, 0.3) is 0 Å². The first-order valence-corrected chi connectivity index (χ1v) is 8.70. The van der Waals surface area contributed by atoms with Gasteiger partial charge in [0.2, 0.25) is 5.91 Å². The molecule has 23 heavy (non-hydrogen) atoms. The van der Waals surface area contributed by atoms with Crippen LogP contribution in [0, 0.1) is 5.92 Å². The van der Waals surface area contributed by atoms with Crippen LogP contribution in [0.3, 0.4) is 0 Å². The van der Waals surface area contributed by atoms with E-state index in [1.54, 1.807) is 0 Å². The number of rotatable bonds is 7. The second-order valence-electron chi connectivity index (χ2n) is 6.36. The van der Waals surface area contributed by atoms with Gasteiger partial charge in [0.05, 0.1) is 17.4 Å². The Hall–Kier alpha value is -1.88. The van der Waals surface area contributed by atoms with E-state index in [9.17, 15) is 4.79 Å². The van der Waals surface area contributed by atoms with E-state index in [-0.39, 0.29) is 5.91 Å². The summed E-state index contributed by atoms with van der Waals surface area (Å²) in [6.07, 6.45) is 6.92. The standard InChI is InChI=1S/C18H26N4O/c23-18(7-6-15-8-11-19-12-9-15)20-10-3-13-22-14-21-16-4-1-2-5-17(16)22/h1-2,4-5,14-15,19H,3,6-13H2,(H,20,23). The van der Waals surface area contributed by atoms with Gasteiger partial charge in [-0.3, -0.25) is 4.79 Å². The highest BCUT2D eigenvalue weighted by Gasteiger charge is 2.14. The molecule has 1 amide bonds. The van der Waals surface area contributed by atoms with Gasteiger partial charge in [-0.25, -0.2) is 4.98 Å². The van der Waals surface area contributed by atoms with Crippen molar-refractivity contribution in [3.05, 3.63) is 30.6 Å². The second-order valence-corrected chi connectivity index (χ2v) is 6.36. The number of nitrogens with zero attached hydrogens (tertiary/aromatic N) is 2. The van der Waals surface area contributed by atoms with E-state index in [0.717, 1.165) is 56.0 Å². The molecule has 1 aromatic carbocycles. The molecule has 1 saturated heterocycles. The van der Waals surface area contributed by atoms with E-state index in [1.807, 2.05) is 24.5 Å². The van der Waals surface area contributed by atoms with E-state index in [1.165, 1.54) is 12.8 Å². The maximum absolute atomic E-state index is 11.9. The summed E-state index contributed by atoms with van der Waals surface area (Å²) in [7, 11) is 0. The third-order valence-corrected chi connectivity index (χ3v) is 4.66. The van der Waals surface area contributed by atoms with E-state index in [2.05, 4.69) is 26.3 Å². The predicted octanol–water partition coefficient (Wildman–Crippen LogP) is 2.32. The van der Waals surface area contributed by atoms with Crippen LogP contribution in [0.25, 0.3) is 11.0 Å². The number of para-hydroxylation sites is 2. The number of amides is 1. The molecule has 1 fully saturated rings. The van der Waals surface area contributed by atoms with Gasteiger partial charge in [0.1, 0.15) is 0 Å². The molecule has 0 radical (unpaired) electrons. The Balaban J connectivity index is 1.34. The molecule has 5 nitrogen and oxygen atoms in total. The van der Waals surface area contributed by atoms with Gasteiger partial charge in [-0.15, -0.1) is 0 Å². The summed E-state index contributed by atoms with van der Waals surface area (Å²) in [6, 6.07) is 8.14. The van der Waals surface area contributed by atoms with Gasteiger partial charge in [0, 0.05) is 19.5 Å². The smallest absolute Gasteiger partial charge is 0.220 e. The van der Waals surface area contributed by atoms with Crippen molar-refractivity contribution in [1.82, 2.24) is 20.2 Å². The Morgan fingerprint density at radius 2 is 2.13 bits per heavy atom. The Bertz CT molecular complexity index is 631. The number of piperidine rings is 1. The highest BCUT2D eigenvalue weighted by Crippen LogP contribution is 2.17. The van der Waals surface area contributed by atoms with Gasteiger partial charge in [-0.1, -0.05) is 12.1 Å². The summed E-state index contributed by atoms with van der Waals surface area (Å²) in [5, 5.41) is 6.41. The number of nitrogens with one attached hydrogen (secondary N) is 2. The number of aryl methyl sites for hydroxylation is 1. The molecule has 0 spiro atoms. The zero-order valence-electron chi connectivity index (χ0n) is 13.6. The number of imidazole rings is 1. The molecule has 2 aromatic rings. The zero-order chi connectivity index (χ0) is 15.9. The Morgan fingerprint density at radius 3 is 3.00 bits per heavy atom. The summed E-state index contributed by atoms with van der Waals surface area (Å²) in [6.45, 7) is 3.82. The van der Waals surface area contributed by atoms with Crippen molar-refractivity contribution < 1.29 is 4.79 Å². The molecule has 0 bridgehead atoms. The molecule has 3 rings (SSSR count). The quantitative estimate of drug-likeness (QED) is 0.771. The third-order valence-electron chi connectivity index (χ3n) is 4.66. The van der Waals surface area contributed by atoms with Crippen LogP contribution in [0.1, 0.15) is 32.1 Å². The number of carbonyl (C=O) groups excluding carboxylic acids is 1. The van der Waals surface area contributed by atoms with Crippen LogP contribution >= 0.6 is 0 Å². The highest BCUT2D eigenvalue weighted by atomic mass is 16.1. The van der Waals surface area contributed by atoms with Crippen LogP contribution in [0.15, 0.2) is 30.6 Å². The van der Waals surface area contributed by atoms with Gasteiger partial charge in [0.15, 0.2) is 0 Å². The van der Waals surface area contributed by atoms with Crippen molar-refractivity contribution in [3.63, 3.8) is 0 Å². The van der Waals surface area contributed by atoms with Gasteiger partial charge in [-0.05, 0) is 56.8 Å². The van der Waals surface area contributed by atoms with Crippen LogP contribution in [0.4, 0.5) is 0 Å². The molecule has 2 heterocycles. The Labute approximate surface area is 137 Å². The monoisotopic (exact) mass is 314 g/mol. The first-order valence-electron chi connectivity index (χ1n) is 8.70. The zero-order valence-corrected chi connectivity index (χ0v) is 13.6. The van der Waals surface area contributed by atoms with E-state index < -0.39 is 0 Å². The lowest BCUT2D eigenvalue weighted by Crippen LogP contribution is -2.29. The van der Waals surface area contributed by atoms with Gasteiger partial charge < -0.3 is 15.2 Å². The predicted molar refractivity (Wildman–Crippen MR) is 92.2 cm³/mol. The summed E-state index contributed by atoms with van der Waals surface area (Å²) in [5.41, 5.74) is 2.18. The number of fused-ring (bicyclic) bond motifs is 1. The fourth-order valence-corrected chi connectivity index (χ4v) is 3.26. The molecule has 1 aromatic heterocycles. The number of hydrogen-bond donors (Lipinski definition) is 2. The van der Waals surface area contributed by atoms with Crippen LogP contribution in [0.5, 0.6) is 0 Å². The largest absolute Gasteiger partial charge is 0.356 e. The average Bonchev–Trinajstić information content (AvgIpc) is 3.01. The number of aromatic nitrogens is 2. The molecule has 1 aliphatic rings. The van der Waals surface area contributed by atoms with Gasteiger partial charge >= 0.3 is 0 Å². The SMILES string of the molecule is O=C(CCC1CCNCC1)NCCCn1cnc2ccccc21. The second kappa shape index (κ2) is 8.11. The normalized spacial score (nSPS) is 15.8. The molecule has 0 aliphatic carbocycles. The molecule has 2 N–H and O–H groups in total. The fraction of sp³-hybridized carbons (Fsp3) is 0.556. The van der Waals surface area contributed by atoms with Crippen molar-refractivity contribution in [2.45, 2.75) is 38.6 Å². The van der Waals surface area contributed by atoms with E-state index in [0.29, 0.717) is 6.42 Å². The highest BCUT2D eigenvalue weighted by molar-refractivity contribution is 5.76. The Morgan fingerprint density at radius 1 is 1.30 bits per heavy atom. The van der Waals surface area contributed by atoms with Crippen LogP contribution in [-0.2, 0) is 11.3 Å². The van der Waals surface area contributed by atoms with Crippen molar-refractivity contribution in [2.24, 2.45) is 5.92 Å². The molecule has 1 aliphatic heterocycles. The minimum atomic E-state index is 0.194. The first-order chi connectivity index (χ1) is 11.3. The van der Waals surface area contributed by atoms with Crippen LogP contribution in [0.2, 0.25) is 0 Å². The summed E-state index contributed by atoms with van der Waals surface area (Å²) in [5.74, 6) is 0.915. The van der Waals surface area contributed by atoms with Crippen LogP contribution in [-0.4, -0.2) is 35.1 Å². The molecule has 0 atom stereocenters.